The van der Waals surface area contributed by atoms with Crippen LogP contribution in [-0.2, 0) is 6.18 Å². The first-order chi connectivity index (χ1) is 5.82. The number of hydrogen-bond donors (Lipinski definition) is 0. The number of halogens is 3. The average molecular weight is 193 g/mol. The molecule has 0 bridgehead atoms. The van der Waals surface area contributed by atoms with Crippen LogP contribution in [0.5, 0.6) is 0 Å². The van der Waals surface area contributed by atoms with E-state index in [9.17, 15) is 13.2 Å². The number of rotatable bonds is 1. The number of alkyl halides is 3. The van der Waals surface area contributed by atoms with Gasteiger partial charge in [0, 0.05) is 12.8 Å². The van der Waals surface area contributed by atoms with Crippen molar-refractivity contribution in [3.63, 3.8) is 0 Å². The molecule has 5 heteroatoms. The van der Waals surface area contributed by atoms with E-state index >= 15 is 0 Å². The molecule has 0 atom stereocenters. The molecule has 0 aliphatic rings. The van der Waals surface area contributed by atoms with Crippen molar-refractivity contribution in [3.05, 3.63) is 17.3 Å². The number of nitrogens with zero attached hydrogens (tertiary/aromatic N) is 1. The second kappa shape index (κ2) is 3.05. The molecule has 2 nitrogen and oxygen atoms in total. The Morgan fingerprint density at radius 1 is 1.31 bits per heavy atom. The maximum Gasteiger partial charge on any atom is 0.436 e. The summed E-state index contributed by atoms with van der Waals surface area (Å²) in [5, 5.41) is 0. The molecule has 0 amide bonds. The van der Waals surface area contributed by atoms with Crippen molar-refractivity contribution in [1.82, 2.24) is 4.98 Å². The van der Waals surface area contributed by atoms with E-state index in [1.807, 2.05) is 0 Å². The Morgan fingerprint density at radius 3 is 2.15 bits per heavy atom. The minimum absolute atomic E-state index is 0.0519. The van der Waals surface area contributed by atoms with Crippen molar-refractivity contribution in [2.24, 2.45) is 0 Å². The fraction of sp³-hybridized carbons (Fsp3) is 0.625. The number of aryl methyl sites for hydroxylation is 1. The highest BCUT2D eigenvalue weighted by molar-refractivity contribution is 5.16. The van der Waals surface area contributed by atoms with Gasteiger partial charge < -0.3 is 4.42 Å². The third kappa shape index (κ3) is 2.02. The summed E-state index contributed by atoms with van der Waals surface area (Å²) < 4.78 is 41.8. The zero-order valence-electron chi connectivity index (χ0n) is 7.57. The first-order valence-corrected chi connectivity index (χ1v) is 3.87. The van der Waals surface area contributed by atoms with Gasteiger partial charge in [-0.15, -0.1) is 0 Å². The van der Waals surface area contributed by atoms with E-state index in [2.05, 4.69) is 4.98 Å². The third-order valence-electron chi connectivity index (χ3n) is 1.55. The number of oxazole rings is 1. The molecule has 1 rings (SSSR count). The van der Waals surface area contributed by atoms with Crippen molar-refractivity contribution >= 4 is 0 Å². The number of hydrogen-bond acceptors (Lipinski definition) is 2. The Balaban J connectivity index is 3.20. The van der Waals surface area contributed by atoms with Gasteiger partial charge >= 0.3 is 6.18 Å². The molecule has 1 aromatic rings. The lowest BCUT2D eigenvalue weighted by Gasteiger charge is -2.06. The van der Waals surface area contributed by atoms with Gasteiger partial charge in [0.15, 0.2) is 11.6 Å². The van der Waals surface area contributed by atoms with Gasteiger partial charge in [-0.3, -0.25) is 0 Å². The van der Waals surface area contributed by atoms with Crippen molar-refractivity contribution in [2.45, 2.75) is 32.9 Å². The lowest BCUT2D eigenvalue weighted by atomic mass is 10.1. The fourth-order valence-corrected chi connectivity index (χ4v) is 1.04. The maximum absolute atomic E-state index is 12.3. The predicted molar refractivity (Wildman–Crippen MR) is 40.3 cm³/mol. The first-order valence-electron chi connectivity index (χ1n) is 3.87. The zero-order chi connectivity index (χ0) is 10.2. The molecule has 0 aromatic carbocycles. The molecule has 0 aliphatic carbocycles. The normalized spacial score (nSPS) is 12.5. The highest BCUT2D eigenvalue weighted by Crippen LogP contribution is 2.34. The minimum atomic E-state index is -4.42. The van der Waals surface area contributed by atoms with Crippen molar-refractivity contribution in [3.8, 4) is 0 Å². The van der Waals surface area contributed by atoms with Gasteiger partial charge in [-0.2, -0.15) is 13.2 Å². The molecule has 0 N–H and O–H groups in total. The first kappa shape index (κ1) is 10.1. The van der Waals surface area contributed by atoms with E-state index in [1.165, 1.54) is 6.92 Å². The molecule has 0 fully saturated rings. The Kier molecular flexibility index (Phi) is 2.36. The largest absolute Gasteiger partial charge is 0.445 e. The Labute approximate surface area is 73.8 Å². The van der Waals surface area contributed by atoms with Gasteiger partial charge in [0.25, 0.3) is 0 Å². The van der Waals surface area contributed by atoms with Crippen LogP contribution in [0.1, 0.15) is 37.1 Å². The Bertz CT molecular complexity index is 301. The molecule has 0 saturated heterocycles. The summed E-state index contributed by atoms with van der Waals surface area (Å²) in [6.45, 7) is 4.67. The molecule has 1 aromatic heterocycles. The van der Waals surface area contributed by atoms with Gasteiger partial charge in [-0.25, -0.2) is 4.98 Å². The standard InChI is InChI=1S/C8H10F3NO/c1-4(2)6-7(8(9,10)11)12-5(3)13-6/h4H,1-3H3. The topological polar surface area (TPSA) is 26.0 Å². The average Bonchev–Trinajstić information content (AvgIpc) is 2.29. The molecular formula is C8H10F3NO. The quantitative estimate of drug-likeness (QED) is 0.684. The highest BCUT2D eigenvalue weighted by Gasteiger charge is 2.38. The molecular weight excluding hydrogens is 183 g/mol. The van der Waals surface area contributed by atoms with Crippen molar-refractivity contribution in [1.29, 1.82) is 0 Å². The van der Waals surface area contributed by atoms with E-state index in [1.54, 1.807) is 13.8 Å². The summed E-state index contributed by atoms with van der Waals surface area (Å²) in [5.41, 5.74) is -0.903. The maximum atomic E-state index is 12.3. The molecule has 0 radical (unpaired) electrons. The molecule has 0 saturated carbocycles. The Morgan fingerprint density at radius 2 is 1.85 bits per heavy atom. The van der Waals surface area contributed by atoms with Crippen molar-refractivity contribution < 1.29 is 17.6 Å². The summed E-state index contributed by atoms with van der Waals surface area (Å²) in [6.07, 6.45) is -4.42. The summed E-state index contributed by atoms with van der Waals surface area (Å²) >= 11 is 0. The van der Waals surface area contributed by atoms with E-state index < -0.39 is 11.9 Å². The van der Waals surface area contributed by atoms with Crippen LogP contribution in [0.2, 0.25) is 0 Å². The SMILES string of the molecule is Cc1nc(C(F)(F)F)c(C(C)C)o1. The van der Waals surface area contributed by atoms with Gasteiger partial charge in [0.05, 0.1) is 0 Å². The van der Waals surface area contributed by atoms with E-state index in [4.69, 9.17) is 4.42 Å². The van der Waals surface area contributed by atoms with Crippen LogP contribution in [0.15, 0.2) is 4.42 Å². The minimum Gasteiger partial charge on any atom is -0.445 e. The Hall–Kier alpha value is -1.00. The summed E-state index contributed by atoms with van der Waals surface area (Å²) in [6, 6.07) is 0. The van der Waals surface area contributed by atoms with Crippen LogP contribution in [-0.4, -0.2) is 4.98 Å². The molecule has 0 unspecified atom stereocenters. The monoisotopic (exact) mass is 193 g/mol. The van der Waals surface area contributed by atoms with Crippen LogP contribution in [0.3, 0.4) is 0 Å². The molecule has 74 valence electrons. The van der Waals surface area contributed by atoms with Crippen LogP contribution in [0, 0.1) is 6.92 Å². The summed E-state index contributed by atoms with van der Waals surface area (Å²) in [5.74, 6) is -0.348. The van der Waals surface area contributed by atoms with Crippen LogP contribution in [0.25, 0.3) is 0 Å². The lowest BCUT2D eigenvalue weighted by Crippen LogP contribution is -2.09. The van der Waals surface area contributed by atoms with Gasteiger partial charge in [-0.1, -0.05) is 13.8 Å². The van der Waals surface area contributed by atoms with Crippen molar-refractivity contribution in [2.75, 3.05) is 0 Å². The zero-order valence-corrected chi connectivity index (χ0v) is 7.57. The lowest BCUT2D eigenvalue weighted by molar-refractivity contribution is -0.142. The van der Waals surface area contributed by atoms with E-state index in [-0.39, 0.29) is 17.6 Å². The summed E-state index contributed by atoms with van der Waals surface area (Å²) in [4.78, 5) is 3.31. The molecule has 0 spiro atoms. The molecule has 0 aliphatic heterocycles. The highest BCUT2D eigenvalue weighted by atomic mass is 19.4. The van der Waals surface area contributed by atoms with Crippen LogP contribution < -0.4 is 0 Å². The van der Waals surface area contributed by atoms with E-state index in [0.717, 1.165) is 0 Å². The van der Waals surface area contributed by atoms with Gasteiger partial charge in [0.2, 0.25) is 0 Å². The van der Waals surface area contributed by atoms with E-state index in [0.29, 0.717) is 0 Å². The van der Waals surface area contributed by atoms with Crippen LogP contribution in [0.4, 0.5) is 13.2 Å². The van der Waals surface area contributed by atoms with Gasteiger partial charge in [0.1, 0.15) is 5.76 Å². The van der Waals surface area contributed by atoms with Crippen LogP contribution >= 0.6 is 0 Å². The predicted octanol–water partition coefficient (Wildman–Crippen LogP) is 3.13. The fourth-order valence-electron chi connectivity index (χ4n) is 1.04. The summed E-state index contributed by atoms with van der Waals surface area (Å²) in [7, 11) is 0. The molecule has 1 heterocycles. The van der Waals surface area contributed by atoms with Gasteiger partial charge in [-0.05, 0) is 0 Å². The third-order valence-corrected chi connectivity index (χ3v) is 1.55. The number of aromatic nitrogens is 1. The smallest absolute Gasteiger partial charge is 0.436 e. The second-order valence-electron chi connectivity index (χ2n) is 3.10. The molecule has 13 heavy (non-hydrogen) atoms. The second-order valence-corrected chi connectivity index (χ2v) is 3.10.